The third-order valence-electron chi connectivity index (χ3n) is 3.80. The molecule has 0 N–H and O–H groups in total. The van der Waals surface area contributed by atoms with Crippen molar-refractivity contribution in [2.75, 3.05) is 25.7 Å². The van der Waals surface area contributed by atoms with Gasteiger partial charge < -0.3 is 14.2 Å². The summed E-state index contributed by atoms with van der Waals surface area (Å²) in [4.78, 5) is 12.1. The molecule has 0 saturated carbocycles. The van der Waals surface area contributed by atoms with Crippen molar-refractivity contribution < 1.29 is 19.0 Å². The first-order chi connectivity index (χ1) is 12.7. The van der Waals surface area contributed by atoms with Crippen LogP contribution < -0.4 is 14.2 Å². The molecule has 6 heteroatoms. The highest BCUT2D eigenvalue weighted by Crippen LogP contribution is 2.46. The van der Waals surface area contributed by atoms with Gasteiger partial charge in [0.15, 0.2) is 11.5 Å². The maximum atomic E-state index is 12.1. The number of hydrogen-bond acceptors (Lipinski definition) is 6. The van der Waals surface area contributed by atoms with E-state index in [-0.39, 0.29) is 0 Å². The minimum absolute atomic E-state index is 0.418. The van der Waals surface area contributed by atoms with Gasteiger partial charge in [0.2, 0.25) is 0 Å². The second-order valence-corrected chi connectivity index (χ2v) is 8.24. The van der Waals surface area contributed by atoms with E-state index in [9.17, 15) is 4.79 Å². The van der Waals surface area contributed by atoms with E-state index in [1.807, 2.05) is 59.9 Å². The first-order valence-corrected chi connectivity index (χ1v) is 10.2. The lowest BCUT2D eigenvalue weighted by atomic mass is 10.2. The number of ether oxygens (including phenoxy) is 3. The number of hydrogen-bond donors (Lipinski definition) is 0. The second kappa shape index (κ2) is 9.05. The summed E-state index contributed by atoms with van der Waals surface area (Å²) in [5, 5.41) is 0. The molecule has 1 heterocycles. The molecule has 26 heavy (non-hydrogen) atoms. The van der Waals surface area contributed by atoms with E-state index >= 15 is 0 Å². The molecule has 0 spiro atoms. The minimum Gasteiger partial charge on any atom is -0.497 e. The zero-order valence-electron chi connectivity index (χ0n) is 14.6. The zero-order valence-corrected chi connectivity index (χ0v) is 16.3. The predicted molar refractivity (Wildman–Crippen MR) is 108 cm³/mol. The van der Waals surface area contributed by atoms with Gasteiger partial charge in [-0.05, 0) is 41.5 Å². The first kappa shape index (κ1) is 18.7. The number of benzene rings is 2. The van der Waals surface area contributed by atoms with Crippen molar-refractivity contribution in [3.05, 3.63) is 59.7 Å². The Morgan fingerprint density at radius 1 is 1.04 bits per heavy atom. The second-order valence-electron chi connectivity index (χ2n) is 5.51. The lowest BCUT2D eigenvalue weighted by molar-refractivity contribution is -0.129. The summed E-state index contributed by atoms with van der Waals surface area (Å²) >= 11 is 3.84. The van der Waals surface area contributed by atoms with Gasteiger partial charge in [0.1, 0.15) is 5.75 Å². The molecule has 0 radical (unpaired) electrons. The Labute approximate surface area is 161 Å². The van der Waals surface area contributed by atoms with Crippen LogP contribution in [0.3, 0.4) is 0 Å². The molecule has 0 amide bonds. The third kappa shape index (κ3) is 4.77. The summed E-state index contributed by atoms with van der Waals surface area (Å²) in [6.07, 6.45) is 3.09. The summed E-state index contributed by atoms with van der Waals surface area (Å²) in [5.74, 6) is 3.58. The van der Waals surface area contributed by atoms with Crippen molar-refractivity contribution in [2.45, 2.75) is 4.58 Å². The molecule has 4 nitrogen and oxygen atoms in total. The fourth-order valence-electron chi connectivity index (χ4n) is 2.52. The average molecular weight is 389 g/mol. The van der Waals surface area contributed by atoms with Crippen molar-refractivity contribution in [1.82, 2.24) is 0 Å². The van der Waals surface area contributed by atoms with Crippen LogP contribution in [0.25, 0.3) is 6.08 Å². The quantitative estimate of drug-likeness (QED) is 0.402. The minimum atomic E-state index is -0.455. The Hall–Kier alpha value is -2.05. The highest BCUT2D eigenvalue weighted by atomic mass is 32.2. The first-order valence-electron chi connectivity index (χ1n) is 8.14. The van der Waals surface area contributed by atoms with Crippen molar-refractivity contribution in [3.8, 4) is 17.2 Å². The topological polar surface area (TPSA) is 44.8 Å². The molecule has 1 aliphatic rings. The van der Waals surface area contributed by atoms with Crippen molar-refractivity contribution in [2.24, 2.45) is 0 Å². The Balaban J connectivity index is 1.69. The van der Waals surface area contributed by atoms with Crippen LogP contribution in [-0.4, -0.2) is 31.7 Å². The fraction of sp³-hybridized carbons (Fsp3) is 0.250. The highest BCUT2D eigenvalue weighted by molar-refractivity contribution is 8.19. The van der Waals surface area contributed by atoms with Gasteiger partial charge in [0.25, 0.3) is 0 Å². The third-order valence-corrected chi connectivity index (χ3v) is 6.90. The number of esters is 1. The monoisotopic (exact) mass is 388 g/mol. The summed E-state index contributed by atoms with van der Waals surface area (Å²) in [5.41, 5.74) is 2.04. The molecule has 2 aromatic rings. The molecule has 0 aromatic heterocycles. The Morgan fingerprint density at radius 2 is 1.85 bits per heavy atom. The summed E-state index contributed by atoms with van der Waals surface area (Å²) in [6.45, 7) is 0. The van der Waals surface area contributed by atoms with Crippen molar-refractivity contribution in [3.63, 3.8) is 0 Å². The molecule has 1 aliphatic heterocycles. The molecule has 0 unspecified atom stereocenters. The fourth-order valence-corrected chi connectivity index (χ4v) is 5.36. The average Bonchev–Trinajstić information content (AvgIpc) is 3.21. The molecule has 2 aromatic carbocycles. The normalized spacial score (nSPS) is 14.5. The molecule has 1 saturated heterocycles. The van der Waals surface area contributed by atoms with E-state index < -0.39 is 5.97 Å². The van der Waals surface area contributed by atoms with E-state index in [0.29, 0.717) is 16.1 Å². The Bertz CT molecular complexity index is 798. The smallest absolute Gasteiger partial charge is 0.336 e. The number of methoxy groups -OCH3 is 2. The van der Waals surface area contributed by atoms with Crippen LogP contribution >= 0.6 is 23.5 Å². The van der Waals surface area contributed by atoms with Crippen LogP contribution in [0.15, 0.2) is 48.5 Å². The van der Waals surface area contributed by atoms with E-state index in [1.165, 1.54) is 11.6 Å². The molecular formula is C20H20O4S2. The highest BCUT2D eigenvalue weighted by Gasteiger charge is 2.20. The van der Waals surface area contributed by atoms with Gasteiger partial charge in [-0.15, -0.1) is 23.5 Å². The lowest BCUT2D eigenvalue weighted by Crippen LogP contribution is -2.05. The largest absolute Gasteiger partial charge is 0.497 e. The molecule has 0 aliphatic carbocycles. The molecule has 0 bridgehead atoms. The van der Waals surface area contributed by atoms with Gasteiger partial charge in [-0.2, -0.15) is 0 Å². The van der Waals surface area contributed by atoms with E-state index in [1.54, 1.807) is 26.4 Å². The van der Waals surface area contributed by atoms with Gasteiger partial charge in [-0.25, -0.2) is 4.79 Å². The maximum Gasteiger partial charge on any atom is 0.336 e. The number of carbonyl (C=O) groups is 1. The Kier molecular flexibility index (Phi) is 6.52. The molecule has 1 fully saturated rings. The van der Waals surface area contributed by atoms with Crippen LogP contribution in [0.4, 0.5) is 0 Å². The van der Waals surface area contributed by atoms with E-state index in [4.69, 9.17) is 14.2 Å². The summed E-state index contributed by atoms with van der Waals surface area (Å²) in [6, 6.07) is 13.2. The van der Waals surface area contributed by atoms with E-state index in [0.717, 1.165) is 22.8 Å². The number of thioether (sulfide) groups is 2. The standard InChI is InChI=1S/C20H20O4S2/c1-22-16-5-3-4-14(12-16)6-9-19(21)24-17-8-7-15(13-18(17)23-2)20-25-10-11-26-20/h3-9,12-13,20H,10-11H2,1-2H3/b9-6+. The van der Waals surface area contributed by atoms with Gasteiger partial charge in [-0.3, -0.25) is 0 Å². The zero-order chi connectivity index (χ0) is 18.4. The maximum absolute atomic E-state index is 12.1. The molecule has 136 valence electrons. The van der Waals surface area contributed by atoms with Gasteiger partial charge in [0, 0.05) is 17.6 Å². The van der Waals surface area contributed by atoms with E-state index in [2.05, 4.69) is 0 Å². The predicted octanol–water partition coefficient (Wildman–Crippen LogP) is 4.80. The molecule has 0 atom stereocenters. The van der Waals surface area contributed by atoms with Crippen LogP contribution in [0, 0.1) is 0 Å². The van der Waals surface area contributed by atoms with Gasteiger partial charge >= 0.3 is 5.97 Å². The van der Waals surface area contributed by atoms with Crippen LogP contribution in [0.2, 0.25) is 0 Å². The van der Waals surface area contributed by atoms with Gasteiger partial charge in [0.05, 0.1) is 18.8 Å². The van der Waals surface area contributed by atoms with Gasteiger partial charge in [-0.1, -0.05) is 18.2 Å². The summed E-state index contributed by atoms with van der Waals surface area (Å²) < 4.78 is 16.4. The summed E-state index contributed by atoms with van der Waals surface area (Å²) in [7, 11) is 3.19. The van der Waals surface area contributed by atoms with Crippen molar-refractivity contribution >= 4 is 35.6 Å². The molecule has 3 rings (SSSR count). The number of rotatable bonds is 6. The lowest BCUT2D eigenvalue weighted by Gasteiger charge is -2.13. The Morgan fingerprint density at radius 3 is 2.58 bits per heavy atom. The van der Waals surface area contributed by atoms with Crippen LogP contribution in [0.1, 0.15) is 15.7 Å². The van der Waals surface area contributed by atoms with Crippen molar-refractivity contribution in [1.29, 1.82) is 0 Å². The SMILES string of the molecule is COc1cccc(/C=C/C(=O)Oc2ccc(C3SCCS3)cc2OC)c1. The number of carbonyl (C=O) groups excluding carboxylic acids is 1. The van der Waals surface area contributed by atoms with Crippen LogP contribution in [-0.2, 0) is 4.79 Å². The molecular weight excluding hydrogens is 368 g/mol. The van der Waals surface area contributed by atoms with Crippen LogP contribution in [0.5, 0.6) is 17.2 Å².